The normalized spacial score (nSPS) is 15.4. The number of aliphatic imine (C=N–C) groups is 1. The molecule has 0 aromatic heterocycles. The van der Waals surface area contributed by atoms with Gasteiger partial charge >= 0.3 is 5.97 Å². The van der Waals surface area contributed by atoms with E-state index < -0.39 is 5.97 Å². The van der Waals surface area contributed by atoms with Gasteiger partial charge < -0.3 is 14.7 Å². The van der Waals surface area contributed by atoms with Gasteiger partial charge in [0.15, 0.2) is 0 Å². The molecule has 140 valence electrons. The highest BCUT2D eigenvalue weighted by Crippen LogP contribution is 2.40. The second-order valence-corrected chi connectivity index (χ2v) is 7.26. The third kappa shape index (κ3) is 3.58. The number of carboxylic acid groups (broad SMARTS) is 1. The Labute approximate surface area is 159 Å². The number of carbonyl (C=O) groups is 1. The van der Waals surface area contributed by atoms with Crippen LogP contribution in [-0.2, 0) is 0 Å². The van der Waals surface area contributed by atoms with Gasteiger partial charge in [0.2, 0.25) is 0 Å². The lowest BCUT2D eigenvalue weighted by molar-refractivity contribution is 0.0697. The molecule has 0 spiro atoms. The van der Waals surface area contributed by atoms with Crippen molar-refractivity contribution in [3.05, 3.63) is 59.2 Å². The largest absolute Gasteiger partial charge is 0.496 e. The zero-order valence-electron chi connectivity index (χ0n) is 16.3. The van der Waals surface area contributed by atoms with Crippen molar-refractivity contribution in [1.82, 2.24) is 0 Å². The number of likely N-dealkylation sites (N-methyl/N-ethyl adjacent to an activating group) is 1. The first-order valence-electron chi connectivity index (χ1n) is 8.76. The number of methoxy groups -OCH3 is 1. The molecule has 0 bridgehead atoms. The molecule has 1 aliphatic heterocycles. The molecule has 0 atom stereocenters. The van der Waals surface area contributed by atoms with Gasteiger partial charge in [0.1, 0.15) is 5.75 Å². The highest BCUT2D eigenvalue weighted by Gasteiger charge is 2.29. The first-order valence-corrected chi connectivity index (χ1v) is 8.76. The first-order chi connectivity index (χ1) is 12.7. The van der Waals surface area contributed by atoms with Gasteiger partial charge in [-0.15, -0.1) is 0 Å². The SMILES string of the molecule is COc1cc2c(cc1C=Nc1ccc(C(=O)O)cc1)C(C)=CC(C)(C)N2C. The third-order valence-electron chi connectivity index (χ3n) is 5.04. The molecule has 5 heteroatoms. The average Bonchev–Trinajstić information content (AvgIpc) is 2.64. The van der Waals surface area contributed by atoms with Crippen LogP contribution in [-0.4, -0.2) is 37.0 Å². The second-order valence-electron chi connectivity index (χ2n) is 7.26. The van der Waals surface area contributed by atoms with Crippen molar-refractivity contribution in [1.29, 1.82) is 0 Å². The molecule has 0 radical (unpaired) electrons. The van der Waals surface area contributed by atoms with Crippen LogP contribution >= 0.6 is 0 Å². The Morgan fingerprint density at radius 3 is 2.48 bits per heavy atom. The number of anilines is 1. The quantitative estimate of drug-likeness (QED) is 0.794. The molecular formula is C22H24N2O3. The Hall–Kier alpha value is -3.08. The van der Waals surface area contributed by atoms with Crippen LogP contribution in [0.5, 0.6) is 5.75 Å². The Bertz CT molecular complexity index is 941. The van der Waals surface area contributed by atoms with Crippen LogP contribution in [0.3, 0.4) is 0 Å². The van der Waals surface area contributed by atoms with Gasteiger partial charge in [-0.25, -0.2) is 4.79 Å². The Morgan fingerprint density at radius 1 is 1.22 bits per heavy atom. The van der Waals surface area contributed by atoms with Crippen molar-refractivity contribution in [3.8, 4) is 5.75 Å². The topological polar surface area (TPSA) is 62.1 Å². The summed E-state index contributed by atoms with van der Waals surface area (Å²) in [6.45, 7) is 6.48. The lowest BCUT2D eigenvalue weighted by Crippen LogP contribution is -2.42. The standard InChI is InChI=1S/C22H24N2O3/c1-14-12-22(2,3)24(4)19-11-20(27-5)16(10-18(14)19)13-23-17-8-6-15(7-9-17)21(25)26/h6-13H,1-5H3,(H,25,26). The number of benzene rings is 2. The monoisotopic (exact) mass is 364 g/mol. The van der Waals surface area contributed by atoms with Crippen LogP contribution in [0.15, 0.2) is 47.5 Å². The molecule has 0 saturated heterocycles. The fourth-order valence-electron chi connectivity index (χ4n) is 3.31. The molecule has 27 heavy (non-hydrogen) atoms. The summed E-state index contributed by atoms with van der Waals surface area (Å²) in [7, 11) is 3.73. The van der Waals surface area contributed by atoms with E-state index in [1.165, 1.54) is 5.57 Å². The van der Waals surface area contributed by atoms with Crippen LogP contribution in [0.4, 0.5) is 11.4 Å². The van der Waals surface area contributed by atoms with Crippen LogP contribution < -0.4 is 9.64 Å². The number of hydrogen-bond acceptors (Lipinski definition) is 4. The lowest BCUT2D eigenvalue weighted by Gasteiger charge is -2.40. The predicted molar refractivity (Wildman–Crippen MR) is 110 cm³/mol. The summed E-state index contributed by atoms with van der Waals surface area (Å²) in [6, 6.07) is 10.6. The predicted octanol–water partition coefficient (Wildman–Crippen LogP) is 4.78. The van der Waals surface area contributed by atoms with Gasteiger partial charge in [-0.1, -0.05) is 6.08 Å². The molecule has 0 aliphatic carbocycles. The van der Waals surface area contributed by atoms with Crippen molar-refractivity contribution in [3.63, 3.8) is 0 Å². The molecule has 0 amide bonds. The van der Waals surface area contributed by atoms with E-state index >= 15 is 0 Å². The van der Waals surface area contributed by atoms with E-state index in [4.69, 9.17) is 9.84 Å². The molecular weight excluding hydrogens is 340 g/mol. The molecule has 3 rings (SSSR count). The van der Waals surface area contributed by atoms with E-state index in [9.17, 15) is 4.79 Å². The number of ether oxygens (including phenoxy) is 1. The summed E-state index contributed by atoms with van der Waals surface area (Å²) in [5, 5.41) is 8.98. The van der Waals surface area contributed by atoms with Crippen LogP contribution in [0.2, 0.25) is 0 Å². The van der Waals surface area contributed by atoms with Gasteiger partial charge in [0.25, 0.3) is 0 Å². The second kappa shape index (κ2) is 6.91. The fraction of sp³-hybridized carbons (Fsp3) is 0.273. The van der Waals surface area contributed by atoms with Crippen molar-refractivity contribution >= 4 is 29.1 Å². The summed E-state index contributed by atoms with van der Waals surface area (Å²) < 4.78 is 5.59. The maximum absolute atomic E-state index is 11.0. The molecule has 2 aromatic rings. The molecule has 1 N–H and O–H groups in total. The Morgan fingerprint density at radius 2 is 1.89 bits per heavy atom. The lowest BCUT2D eigenvalue weighted by atomic mass is 9.88. The van der Waals surface area contributed by atoms with E-state index in [0.717, 1.165) is 22.6 Å². The van der Waals surface area contributed by atoms with E-state index in [-0.39, 0.29) is 11.1 Å². The van der Waals surface area contributed by atoms with E-state index in [1.807, 2.05) is 6.07 Å². The van der Waals surface area contributed by atoms with Crippen molar-refractivity contribution in [2.75, 3.05) is 19.1 Å². The summed E-state index contributed by atoms with van der Waals surface area (Å²) in [5.41, 5.74) is 5.23. The minimum atomic E-state index is -0.948. The number of carboxylic acids is 1. The highest BCUT2D eigenvalue weighted by molar-refractivity contribution is 5.92. The van der Waals surface area contributed by atoms with Crippen molar-refractivity contribution < 1.29 is 14.6 Å². The van der Waals surface area contributed by atoms with Gasteiger partial charge in [-0.05, 0) is 56.7 Å². The average molecular weight is 364 g/mol. The zero-order chi connectivity index (χ0) is 19.8. The van der Waals surface area contributed by atoms with E-state index in [1.54, 1.807) is 37.6 Å². The van der Waals surface area contributed by atoms with Gasteiger partial charge in [-0.2, -0.15) is 0 Å². The molecule has 0 saturated carbocycles. The zero-order valence-corrected chi connectivity index (χ0v) is 16.3. The van der Waals surface area contributed by atoms with Gasteiger partial charge in [0.05, 0.1) is 23.9 Å². The first kappa shape index (κ1) is 18.7. The smallest absolute Gasteiger partial charge is 0.335 e. The van der Waals surface area contributed by atoms with Crippen molar-refractivity contribution in [2.45, 2.75) is 26.3 Å². The number of allylic oxidation sites excluding steroid dienone is 1. The molecule has 1 aliphatic rings. The highest BCUT2D eigenvalue weighted by atomic mass is 16.5. The van der Waals surface area contributed by atoms with E-state index in [0.29, 0.717) is 5.69 Å². The minimum Gasteiger partial charge on any atom is -0.496 e. The molecule has 0 unspecified atom stereocenters. The summed E-state index contributed by atoms with van der Waals surface area (Å²) in [6.07, 6.45) is 4.01. The molecule has 0 fully saturated rings. The number of aromatic carboxylic acids is 1. The molecule has 2 aromatic carbocycles. The third-order valence-corrected chi connectivity index (χ3v) is 5.04. The van der Waals surface area contributed by atoms with Gasteiger partial charge in [0, 0.05) is 36.1 Å². The number of hydrogen-bond donors (Lipinski definition) is 1. The Balaban J connectivity index is 1.99. The van der Waals surface area contributed by atoms with E-state index in [2.05, 4.69) is 49.9 Å². The Kier molecular flexibility index (Phi) is 4.79. The van der Waals surface area contributed by atoms with Crippen LogP contribution in [0, 0.1) is 0 Å². The maximum atomic E-state index is 11.0. The van der Waals surface area contributed by atoms with Crippen LogP contribution in [0.25, 0.3) is 5.57 Å². The maximum Gasteiger partial charge on any atom is 0.335 e. The summed E-state index contributed by atoms with van der Waals surface area (Å²) in [4.78, 5) is 17.7. The minimum absolute atomic E-state index is 0.0659. The molecule has 5 nitrogen and oxygen atoms in total. The summed E-state index contributed by atoms with van der Waals surface area (Å²) >= 11 is 0. The molecule has 1 heterocycles. The number of rotatable bonds is 4. The summed E-state index contributed by atoms with van der Waals surface area (Å²) in [5.74, 6) is -0.201. The fourth-order valence-corrected chi connectivity index (χ4v) is 3.31. The van der Waals surface area contributed by atoms with Crippen molar-refractivity contribution in [2.24, 2.45) is 4.99 Å². The number of fused-ring (bicyclic) bond motifs is 1. The van der Waals surface area contributed by atoms with Crippen LogP contribution in [0.1, 0.15) is 42.3 Å². The number of nitrogens with zero attached hydrogens (tertiary/aromatic N) is 2. The van der Waals surface area contributed by atoms with Gasteiger partial charge in [-0.3, -0.25) is 4.99 Å².